The van der Waals surface area contributed by atoms with Crippen LogP contribution in [-0.4, -0.2) is 26.1 Å². The van der Waals surface area contributed by atoms with Crippen molar-refractivity contribution in [1.82, 2.24) is 20.2 Å². The SMILES string of the molecule is CCc1nc(CC(C)C)c(C(N)=O)c(-c2cc3ccnc(N[C@H]4CCc5cc(F)ccc54)c3s2)c1-c1nnc(C)o1. The summed E-state index contributed by atoms with van der Waals surface area (Å²) >= 11 is 1.53. The Morgan fingerprint density at radius 1 is 1.20 bits per heavy atom. The minimum absolute atomic E-state index is 0.0256. The predicted molar refractivity (Wildman–Crippen MR) is 158 cm³/mol. The number of benzene rings is 1. The molecule has 0 fully saturated rings. The number of primary amides is 1. The zero-order valence-corrected chi connectivity index (χ0v) is 24.2. The first-order valence-corrected chi connectivity index (χ1v) is 14.6. The van der Waals surface area contributed by atoms with Gasteiger partial charge in [-0.2, -0.15) is 0 Å². The van der Waals surface area contributed by atoms with Crippen LogP contribution in [0.25, 0.3) is 32.0 Å². The maximum atomic E-state index is 13.8. The van der Waals surface area contributed by atoms with Crippen molar-refractivity contribution in [3.63, 3.8) is 0 Å². The molecular formula is C31H31FN6O2S. The van der Waals surface area contributed by atoms with E-state index in [0.717, 1.165) is 50.4 Å². The molecule has 3 N–H and O–H groups in total. The molecular weight excluding hydrogens is 539 g/mol. The number of nitrogens with one attached hydrogen (secondary N) is 1. The first-order chi connectivity index (χ1) is 19.7. The minimum Gasteiger partial charge on any atom is -0.421 e. The molecule has 1 amide bonds. The molecule has 1 aliphatic rings. The number of amides is 1. The summed E-state index contributed by atoms with van der Waals surface area (Å²) in [7, 11) is 0. The Bertz CT molecular complexity index is 1790. The topological polar surface area (TPSA) is 120 Å². The summed E-state index contributed by atoms with van der Waals surface area (Å²) in [4.78, 5) is 23.5. The number of aryl methyl sites for hydroxylation is 3. The second-order valence-corrected chi connectivity index (χ2v) is 11.9. The molecule has 1 aromatic carbocycles. The van der Waals surface area contributed by atoms with Gasteiger partial charge in [0, 0.05) is 23.6 Å². The molecule has 0 saturated heterocycles. The number of carbonyl (C=O) groups excluding carboxylic acids is 1. The molecule has 4 heterocycles. The Balaban J connectivity index is 1.54. The van der Waals surface area contributed by atoms with Crippen LogP contribution in [-0.2, 0) is 19.3 Å². The molecule has 5 aromatic rings. The molecule has 0 aliphatic heterocycles. The van der Waals surface area contributed by atoms with Crippen molar-refractivity contribution in [3.05, 3.63) is 76.3 Å². The van der Waals surface area contributed by atoms with Gasteiger partial charge in [0.15, 0.2) is 0 Å². The third kappa shape index (κ3) is 4.97. The molecule has 0 radical (unpaired) electrons. The quantitative estimate of drug-likeness (QED) is 0.210. The van der Waals surface area contributed by atoms with E-state index >= 15 is 0 Å². The molecule has 8 nitrogen and oxygen atoms in total. The van der Waals surface area contributed by atoms with E-state index in [4.69, 9.17) is 15.1 Å². The number of hydrogen-bond donors (Lipinski definition) is 2. The van der Waals surface area contributed by atoms with Gasteiger partial charge in [0.25, 0.3) is 5.91 Å². The lowest BCUT2D eigenvalue weighted by molar-refractivity contribution is 0.0999. The number of nitrogens with zero attached hydrogens (tertiary/aromatic N) is 4. The third-order valence-electron chi connectivity index (χ3n) is 7.44. The second-order valence-electron chi connectivity index (χ2n) is 10.8. The summed E-state index contributed by atoms with van der Waals surface area (Å²) in [5, 5.41) is 12.9. The number of rotatable bonds is 8. The average Bonchev–Trinajstić information content (AvgIpc) is 3.66. The number of carbonyl (C=O) groups is 1. The summed E-state index contributed by atoms with van der Waals surface area (Å²) in [6.45, 7) is 7.93. The van der Waals surface area contributed by atoms with Crippen molar-refractivity contribution in [2.75, 3.05) is 5.32 Å². The second kappa shape index (κ2) is 10.7. The van der Waals surface area contributed by atoms with E-state index in [9.17, 15) is 9.18 Å². The zero-order chi connectivity index (χ0) is 28.8. The van der Waals surface area contributed by atoms with Crippen molar-refractivity contribution in [2.24, 2.45) is 11.7 Å². The third-order valence-corrected chi connectivity index (χ3v) is 8.62. The fourth-order valence-electron chi connectivity index (χ4n) is 5.71. The molecule has 0 bridgehead atoms. The first-order valence-electron chi connectivity index (χ1n) is 13.8. The number of nitrogens with two attached hydrogens (primary N) is 1. The summed E-state index contributed by atoms with van der Waals surface area (Å²) < 4.78 is 20.6. The van der Waals surface area contributed by atoms with Crippen molar-refractivity contribution >= 4 is 33.1 Å². The summed E-state index contributed by atoms with van der Waals surface area (Å²) in [5.74, 6) is 0.967. The summed E-state index contributed by atoms with van der Waals surface area (Å²) in [6.07, 6.45) is 4.63. The van der Waals surface area contributed by atoms with Crippen LogP contribution in [0.3, 0.4) is 0 Å². The van der Waals surface area contributed by atoms with Gasteiger partial charge in [-0.25, -0.2) is 9.37 Å². The van der Waals surface area contributed by atoms with Crippen LogP contribution in [0, 0.1) is 18.7 Å². The number of anilines is 1. The van der Waals surface area contributed by atoms with Gasteiger partial charge < -0.3 is 15.5 Å². The molecule has 41 heavy (non-hydrogen) atoms. The van der Waals surface area contributed by atoms with Gasteiger partial charge in [-0.3, -0.25) is 9.78 Å². The number of fused-ring (bicyclic) bond motifs is 2. The van der Waals surface area contributed by atoms with Crippen molar-refractivity contribution in [1.29, 1.82) is 0 Å². The van der Waals surface area contributed by atoms with Crippen molar-refractivity contribution in [3.8, 4) is 21.9 Å². The average molecular weight is 571 g/mol. The lowest BCUT2D eigenvalue weighted by atomic mass is 9.92. The van der Waals surface area contributed by atoms with E-state index < -0.39 is 5.91 Å². The smallest absolute Gasteiger partial charge is 0.251 e. The highest BCUT2D eigenvalue weighted by atomic mass is 32.1. The van der Waals surface area contributed by atoms with Crippen LogP contribution in [0.15, 0.2) is 40.9 Å². The van der Waals surface area contributed by atoms with Crippen LogP contribution >= 0.6 is 11.3 Å². The van der Waals surface area contributed by atoms with Crippen LogP contribution in [0.1, 0.15) is 72.0 Å². The molecule has 4 aromatic heterocycles. The Hall–Kier alpha value is -4.18. The molecule has 10 heteroatoms. The van der Waals surface area contributed by atoms with Gasteiger partial charge in [-0.05, 0) is 72.4 Å². The van der Waals surface area contributed by atoms with Crippen molar-refractivity contribution in [2.45, 2.75) is 59.4 Å². The first kappa shape index (κ1) is 27.0. The van der Waals surface area contributed by atoms with Crippen LogP contribution < -0.4 is 11.1 Å². The van der Waals surface area contributed by atoms with E-state index in [-0.39, 0.29) is 17.8 Å². The summed E-state index contributed by atoms with van der Waals surface area (Å²) in [6, 6.07) is 9.01. The molecule has 6 rings (SSSR count). The fraction of sp³-hybridized carbons (Fsp3) is 0.323. The standard InChI is InChI=1S/C31H31FN6O2S/c1-5-21-26(31-38-37-16(4)40-31)27(25(29(33)39)23(35-21)12-15(2)3)24-14-18-10-11-34-30(28(18)41-24)36-22-9-6-17-13-19(32)7-8-20(17)22/h7-8,10-11,13-15,22H,5-6,9,12H2,1-4H3,(H2,33,39)(H,34,36)/t22-/m0/s1. The minimum atomic E-state index is -0.549. The number of aromatic nitrogens is 4. The Kier molecular flexibility index (Phi) is 7.03. The number of pyridine rings is 2. The zero-order valence-electron chi connectivity index (χ0n) is 23.4. The van der Waals surface area contributed by atoms with E-state index in [1.54, 1.807) is 19.2 Å². The highest BCUT2D eigenvalue weighted by Gasteiger charge is 2.29. The molecule has 0 spiro atoms. The fourth-order valence-corrected chi connectivity index (χ4v) is 6.88. The van der Waals surface area contributed by atoms with Gasteiger partial charge >= 0.3 is 0 Å². The molecule has 210 valence electrons. The number of thiophene rings is 1. The Labute approximate surface area is 241 Å². The monoisotopic (exact) mass is 570 g/mol. The van der Waals surface area contributed by atoms with Gasteiger partial charge in [0.05, 0.1) is 33.3 Å². The van der Waals surface area contributed by atoms with Gasteiger partial charge in [-0.15, -0.1) is 21.5 Å². The Morgan fingerprint density at radius 2 is 2.02 bits per heavy atom. The predicted octanol–water partition coefficient (Wildman–Crippen LogP) is 6.82. The van der Waals surface area contributed by atoms with E-state index in [0.29, 0.717) is 47.0 Å². The van der Waals surface area contributed by atoms with Crippen LogP contribution in [0.5, 0.6) is 0 Å². The highest BCUT2D eigenvalue weighted by Crippen LogP contribution is 2.45. The van der Waals surface area contributed by atoms with Gasteiger partial charge in [-0.1, -0.05) is 26.8 Å². The lowest BCUT2D eigenvalue weighted by Gasteiger charge is -2.18. The molecule has 0 unspecified atom stereocenters. The maximum Gasteiger partial charge on any atom is 0.251 e. The summed E-state index contributed by atoms with van der Waals surface area (Å²) in [5.41, 5.74) is 11.3. The molecule has 1 aliphatic carbocycles. The van der Waals surface area contributed by atoms with E-state index in [1.807, 2.05) is 19.1 Å². The van der Waals surface area contributed by atoms with E-state index in [2.05, 4.69) is 40.4 Å². The van der Waals surface area contributed by atoms with Gasteiger partial charge in [0.1, 0.15) is 11.6 Å². The number of halogens is 1. The van der Waals surface area contributed by atoms with Crippen molar-refractivity contribution < 1.29 is 13.6 Å². The van der Waals surface area contributed by atoms with E-state index in [1.165, 1.54) is 17.4 Å². The van der Waals surface area contributed by atoms with Crippen LogP contribution in [0.2, 0.25) is 0 Å². The Morgan fingerprint density at radius 3 is 2.73 bits per heavy atom. The normalized spacial score (nSPS) is 14.6. The number of hydrogen-bond acceptors (Lipinski definition) is 8. The molecule has 1 atom stereocenters. The lowest BCUT2D eigenvalue weighted by Crippen LogP contribution is -2.19. The highest BCUT2D eigenvalue weighted by molar-refractivity contribution is 7.23. The van der Waals surface area contributed by atoms with Gasteiger partial charge in [0.2, 0.25) is 11.8 Å². The maximum absolute atomic E-state index is 13.8. The molecule has 0 saturated carbocycles. The largest absolute Gasteiger partial charge is 0.421 e. The van der Waals surface area contributed by atoms with Crippen LogP contribution in [0.4, 0.5) is 10.2 Å².